The molecule has 1 aromatic heterocycles. The van der Waals surface area contributed by atoms with Gasteiger partial charge in [-0.2, -0.15) is 0 Å². The molecule has 0 fully saturated rings. The zero-order valence-electron chi connectivity index (χ0n) is 4.70. The van der Waals surface area contributed by atoms with Crippen molar-refractivity contribution in [2.45, 2.75) is 5.03 Å². The van der Waals surface area contributed by atoms with E-state index in [2.05, 4.69) is 23.5 Å². The molecule has 0 aliphatic rings. The minimum atomic E-state index is 0.627. The molecule has 0 aliphatic heterocycles. The van der Waals surface area contributed by atoms with Gasteiger partial charge in [0.25, 0.3) is 0 Å². The third-order valence-corrected chi connectivity index (χ3v) is 1.13. The first-order chi connectivity index (χ1) is 4.33. The lowest BCUT2D eigenvalue weighted by Gasteiger charge is -1.88. The third-order valence-electron chi connectivity index (χ3n) is 0.882. The van der Waals surface area contributed by atoms with E-state index in [0.29, 0.717) is 10.7 Å². The standard InChI is InChI=1S/C7H5NS/c1-2-6-4-3-5-7(9)8-6/h1,3-5H,(H,8,9). The molecule has 0 amide bonds. The van der Waals surface area contributed by atoms with Crippen molar-refractivity contribution in [1.29, 1.82) is 0 Å². The highest BCUT2D eigenvalue weighted by atomic mass is 32.1. The zero-order chi connectivity index (χ0) is 6.69. The summed E-state index contributed by atoms with van der Waals surface area (Å²) in [6.45, 7) is 0. The number of hydrogen-bond acceptors (Lipinski definition) is 2. The Morgan fingerprint density at radius 3 is 2.78 bits per heavy atom. The second kappa shape index (κ2) is 2.56. The van der Waals surface area contributed by atoms with E-state index >= 15 is 0 Å². The van der Waals surface area contributed by atoms with Gasteiger partial charge in [-0.1, -0.05) is 12.0 Å². The van der Waals surface area contributed by atoms with Gasteiger partial charge in [-0.3, -0.25) is 0 Å². The molecule has 44 valence electrons. The molecule has 9 heavy (non-hydrogen) atoms. The monoisotopic (exact) mass is 135 g/mol. The quantitative estimate of drug-likeness (QED) is 0.418. The van der Waals surface area contributed by atoms with Crippen LogP contribution in [0.15, 0.2) is 23.2 Å². The molecule has 0 unspecified atom stereocenters. The SMILES string of the molecule is C#Cc1cccc(S)n1. The van der Waals surface area contributed by atoms with E-state index in [1.807, 2.05) is 6.07 Å². The summed E-state index contributed by atoms with van der Waals surface area (Å²) in [5.74, 6) is 2.41. The Labute approximate surface area is 59.5 Å². The van der Waals surface area contributed by atoms with Crippen LogP contribution in [0.5, 0.6) is 0 Å². The van der Waals surface area contributed by atoms with E-state index in [0.717, 1.165) is 0 Å². The summed E-state index contributed by atoms with van der Waals surface area (Å²) in [6, 6.07) is 5.37. The van der Waals surface area contributed by atoms with Crippen molar-refractivity contribution in [1.82, 2.24) is 4.98 Å². The molecule has 0 radical (unpaired) electrons. The molecule has 0 saturated carbocycles. The maximum atomic E-state index is 5.07. The molecular weight excluding hydrogens is 130 g/mol. The average Bonchev–Trinajstić information content (AvgIpc) is 1.88. The number of rotatable bonds is 0. The van der Waals surface area contributed by atoms with Crippen LogP contribution in [0.2, 0.25) is 0 Å². The van der Waals surface area contributed by atoms with Crippen LogP contribution in [0.4, 0.5) is 0 Å². The predicted octanol–water partition coefficient (Wildman–Crippen LogP) is 1.35. The molecule has 1 rings (SSSR count). The number of hydrogen-bond donors (Lipinski definition) is 1. The van der Waals surface area contributed by atoms with Crippen LogP contribution < -0.4 is 0 Å². The highest BCUT2D eigenvalue weighted by Crippen LogP contribution is 2.00. The number of thiol groups is 1. The molecule has 1 aromatic rings. The van der Waals surface area contributed by atoms with Crippen LogP contribution in [-0.4, -0.2) is 4.98 Å². The Morgan fingerprint density at radius 2 is 2.33 bits per heavy atom. The zero-order valence-corrected chi connectivity index (χ0v) is 5.60. The minimum absolute atomic E-state index is 0.627. The van der Waals surface area contributed by atoms with Crippen molar-refractivity contribution in [2.75, 3.05) is 0 Å². The molecule has 0 aromatic carbocycles. The number of pyridine rings is 1. The molecule has 0 N–H and O–H groups in total. The molecule has 1 heterocycles. The van der Waals surface area contributed by atoms with E-state index in [4.69, 9.17) is 6.42 Å². The van der Waals surface area contributed by atoms with Crippen molar-refractivity contribution in [3.8, 4) is 12.3 Å². The van der Waals surface area contributed by atoms with Gasteiger partial charge in [0, 0.05) is 0 Å². The number of terminal acetylenes is 1. The van der Waals surface area contributed by atoms with Crippen LogP contribution in [0.3, 0.4) is 0 Å². The second-order valence-corrected chi connectivity index (χ2v) is 1.98. The fraction of sp³-hybridized carbons (Fsp3) is 0. The van der Waals surface area contributed by atoms with Crippen LogP contribution in [0.25, 0.3) is 0 Å². The Bertz CT molecular complexity index is 249. The Balaban J connectivity index is 3.12. The molecule has 0 aliphatic carbocycles. The fourth-order valence-corrected chi connectivity index (χ4v) is 0.697. The molecule has 0 atom stereocenters. The first-order valence-electron chi connectivity index (χ1n) is 2.45. The van der Waals surface area contributed by atoms with Gasteiger partial charge in [0.05, 0.1) is 5.03 Å². The molecule has 1 nitrogen and oxygen atoms in total. The summed E-state index contributed by atoms with van der Waals surface area (Å²) in [5, 5.41) is 0.658. The van der Waals surface area contributed by atoms with Crippen molar-refractivity contribution in [2.24, 2.45) is 0 Å². The summed E-state index contributed by atoms with van der Waals surface area (Å²) in [7, 11) is 0. The lowest BCUT2D eigenvalue weighted by atomic mass is 10.4. The van der Waals surface area contributed by atoms with Crippen molar-refractivity contribution in [3.63, 3.8) is 0 Å². The lowest BCUT2D eigenvalue weighted by molar-refractivity contribution is 1.12. The van der Waals surface area contributed by atoms with Crippen molar-refractivity contribution >= 4 is 12.6 Å². The number of nitrogens with zero attached hydrogens (tertiary/aromatic N) is 1. The predicted molar refractivity (Wildman–Crippen MR) is 39.4 cm³/mol. The lowest BCUT2D eigenvalue weighted by Crippen LogP contribution is -1.80. The van der Waals surface area contributed by atoms with Gasteiger partial charge in [0.1, 0.15) is 5.69 Å². The molecular formula is C7H5NS. The normalized spacial score (nSPS) is 8.44. The van der Waals surface area contributed by atoms with Crippen LogP contribution in [-0.2, 0) is 0 Å². The number of aromatic nitrogens is 1. The van der Waals surface area contributed by atoms with E-state index in [9.17, 15) is 0 Å². The van der Waals surface area contributed by atoms with Gasteiger partial charge >= 0.3 is 0 Å². The first-order valence-corrected chi connectivity index (χ1v) is 2.90. The Kier molecular flexibility index (Phi) is 1.76. The molecule has 0 spiro atoms. The summed E-state index contributed by atoms with van der Waals surface area (Å²) in [5.41, 5.74) is 0.627. The van der Waals surface area contributed by atoms with Gasteiger partial charge < -0.3 is 0 Å². The van der Waals surface area contributed by atoms with E-state index in [-0.39, 0.29) is 0 Å². The minimum Gasteiger partial charge on any atom is -0.233 e. The highest BCUT2D eigenvalue weighted by molar-refractivity contribution is 7.80. The maximum Gasteiger partial charge on any atom is 0.114 e. The van der Waals surface area contributed by atoms with Gasteiger partial charge in [0.2, 0.25) is 0 Å². The van der Waals surface area contributed by atoms with Gasteiger partial charge in [-0.15, -0.1) is 19.1 Å². The van der Waals surface area contributed by atoms with E-state index in [1.54, 1.807) is 12.1 Å². The van der Waals surface area contributed by atoms with Crippen LogP contribution in [0.1, 0.15) is 5.69 Å². The van der Waals surface area contributed by atoms with E-state index in [1.165, 1.54) is 0 Å². The summed E-state index contributed by atoms with van der Waals surface area (Å²) in [4.78, 5) is 3.92. The summed E-state index contributed by atoms with van der Waals surface area (Å²) < 4.78 is 0. The largest absolute Gasteiger partial charge is 0.233 e. The Morgan fingerprint density at radius 1 is 1.56 bits per heavy atom. The van der Waals surface area contributed by atoms with Gasteiger partial charge in [0.15, 0.2) is 0 Å². The van der Waals surface area contributed by atoms with Gasteiger partial charge in [-0.05, 0) is 12.1 Å². The maximum absolute atomic E-state index is 5.07. The van der Waals surface area contributed by atoms with Crippen molar-refractivity contribution in [3.05, 3.63) is 23.9 Å². The molecule has 2 heteroatoms. The highest BCUT2D eigenvalue weighted by Gasteiger charge is 1.86. The first kappa shape index (κ1) is 6.18. The second-order valence-electron chi connectivity index (χ2n) is 1.53. The summed E-state index contributed by atoms with van der Waals surface area (Å²) in [6.07, 6.45) is 5.07. The smallest absolute Gasteiger partial charge is 0.114 e. The van der Waals surface area contributed by atoms with Crippen molar-refractivity contribution < 1.29 is 0 Å². The van der Waals surface area contributed by atoms with Crippen LogP contribution in [0, 0.1) is 12.3 Å². The third kappa shape index (κ3) is 1.48. The van der Waals surface area contributed by atoms with Crippen LogP contribution >= 0.6 is 12.6 Å². The molecule has 0 saturated heterocycles. The summed E-state index contributed by atoms with van der Waals surface area (Å²) >= 11 is 4.00. The molecule has 0 bridgehead atoms. The van der Waals surface area contributed by atoms with Gasteiger partial charge in [-0.25, -0.2) is 4.98 Å². The Hall–Kier alpha value is -0.940. The average molecular weight is 135 g/mol. The topological polar surface area (TPSA) is 12.9 Å². The van der Waals surface area contributed by atoms with E-state index < -0.39 is 0 Å². The fourth-order valence-electron chi connectivity index (χ4n) is 0.504.